The van der Waals surface area contributed by atoms with E-state index < -0.39 is 0 Å². The molecule has 80 valence electrons. The van der Waals surface area contributed by atoms with E-state index in [1.807, 2.05) is 6.07 Å². The van der Waals surface area contributed by atoms with Crippen molar-refractivity contribution in [3.8, 4) is 0 Å². The molecule has 0 atom stereocenters. The number of rotatable bonds is 4. The Kier molecular flexibility index (Phi) is 6.50. The van der Waals surface area contributed by atoms with Gasteiger partial charge in [0, 0.05) is 6.54 Å². The number of halogens is 2. The Morgan fingerprint density at radius 2 is 2.07 bits per heavy atom. The molecule has 0 aliphatic rings. The minimum atomic E-state index is -0.163. The quantitative estimate of drug-likeness (QED) is 0.818. The Morgan fingerprint density at radius 1 is 1.36 bits per heavy atom. The number of nitrogens with one attached hydrogen (secondary N) is 1. The van der Waals surface area contributed by atoms with Crippen molar-refractivity contribution in [3.05, 3.63) is 35.6 Å². The van der Waals surface area contributed by atoms with Crippen LogP contribution in [0, 0.1) is 11.7 Å². The summed E-state index contributed by atoms with van der Waals surface area (Å²) in [4.78, 5) is 0. The molecular weight excluding hydrogens is 201 g/mol. The zero-order chi connectivity index (χ0) is 9.68. The molecule has 1 aromatic carbocycles. The minimum Gasteiger partial charge on any atom is -0.312 e. The lowest BCUT2D eigenvalue weighted by Crippen LogP contribution is -2.18. The first kappa shape index (κ1) is 13.4. The van der Waals surface area contributed by atoms with E-state index in [2.05, 4.69) is 19.2 Å². The van der Waals surface area contributed by atoms with Crippen molar-refractivity contribution >= 4 is 12.4 Å². The molecule has 1 nitrogen and oxygen atoms in total. The van der Waals surface area contributed by atoms with Crippen molar-refractivity contribution in [2.75, 3.05) is 6.54 Å². The van der Waals surface area contributed by atoms with Crippen molar-refractivity contribution in [2.24, 2.45) is 5.92 Å². The second-order valence-electron chi connectivity index (χ2n) is 3.65. The van der Waals surface area contributed by atoms with E-state index in [0.29, 0.717) is 5.92 Å². The fourth-order valence-corrected chi connectivity index (χ4v) is 1.15. The van der Waals surface area contributed by atoms with Gasteiger partial charge in [0.25, 0.3) is 0 Å². The van der Waals surface area contributed by atoms with Crippen LogP contribution in [0.1, 0.15) is 19.4 Å². The van der Waals surface area contributed by atoms with Crippen LogP contribution < -0.4 is 5.32 Å². The van der Waals surface area contributed by atoms with E-state index in [4.69, 9.17) is 0 Å². The Morgan fingerprint density at radius 3 is 2.64 bits per heavy atom. The third-order valence-corrected chi connectivity index (χ3v) is 1.77. The highest BCUT2D eigenvalue weighted by atomic mass is 35.5. The summed E-state index contributed by atoms with van der Waals surface area (Å²) < 4.78 is 12.7. The summed E-state index contributed by atoms with van der Waals surface area (Å²) in [7, 11) is 0. The smallest absolute Gasteiger partial charge is 0.123 e. The van der Waals surface area contributed by atoms with Crippen molar-refractivity contribution in [1.82, 2.24) is 5.32 Å². The SMILES string of the molecule is CC(C)CNCc1cccc(F)c1.Cl. The highest BCUT2D eigenvalue weighted by Crippen LogP contribution is 2.02. The van der Waals surface area contributed by atoms with E-state index in [-0.39, 0.29) is 18.2 Å². The van der Waals surface area contributed by atoms with Crippen molar-refractivity contribution in [2.45, 2.75) is 20.4 Å². The summed E-state index contributed by atoms with van der Waals surface area (Å²) in [6, 6.07) is 6.69. The lowest BCUT2D eigenvalue weighted by atomic mass is 10.2. The first-order chi connectivity index (χ1) is 6.18. The van der Waals surface area contributed by atoms with Crippen molar-refractivity contribution in [3.63, 3.8) is 0 Å². The van der Waals surface area contributed by atoms with E-state index in [1.165, 1.54) is 6.07 Å². The monoisotopic (exact) mass is 217 g/mol. The van der Waals surface area contributed by atoms with Gasteiger partial charge in [-0.15, -0.1) is 12.4 Å². The van der Waals surface area contributed by atoms with E-state index in [9.17, 15) is 4.39 Å². The van der Waals surface area contributed by atoms with Gasteiger partial charge in [-0.05, 0) is 30.2 Å². The Bertz CT molecular complexity index is 263. The van der Waals surface area contributed by atoms with Crippen LogP contribution in [-0.4, -0.2) is 6.54 Å². The molecule has 0 bridgehead atoms. The van der Waals surface area contributed by atoms with E-state index in [0.717, 1.165) is 18.7 Å². The molecule has 14 heavy (non-hydrogen) atoms. The van der Waals surface area contributed by atoms with Gasteiger partial charge in [0.05, 0.1) is 0 Å². The third-order valence-electron chi connectivity index (χ3n) is 1.77. The number of benzene rings is 1. The van der Waals surface area contributed by atoms with Gasteiger partial charge in [-0.2, -0.15) is 0 Å². The topological polar surface area (TPSA) is 12.0 Å². The maximum absolute atomic E-state index is 12.7. The van der Waals surface area contributed by atoms with Crippen LogP contribution in [0.5, 0.6) is 0 Å². The largest absolute Gasteiger partial charge is 0.312 e. The molecule has 0 amide bonds. The maximum atomic E-state index is 12.7. The van der Waals surface area contributed by atoms with Gasteiger partial charge >= 0.3 is 0 Å². The van der Waals surface area contributed by atoms with Crippen molar-refractivity contribution < 1.29 is 4.39 Å². The van der Waals surface area contributed by atoms with E-state index in [1.54, 1.807) is 12.1 Å². The van der Waals surface area contributed by atoms with Gasteiger partial charge in [0.15, 0.2) is 0 Å². The van der Waals surface area contributed by atoms with Gasteiger partial charge in [0.2, 0.25) is 0 Å². The van der Waals surface area contributed by atoms with Crippen LogP contribution in [0.4, 0.5) is 4.39 Å². The molecule has 0 aliphatic carbocycles. The summed E-state index contributed by atoms with van der Waals surface area (Å²) in [5, 5.41) is 3.26. The second-order valence-corrected chi connectivity index (χ2v) is 3.65. The molecular formula is C11H17ClFN. The minimum absolute atomic E-state index is 0. The Balaban J connectivity index is 0.00000169. The average Bonchev–Trinajstić information content (AvgIpc) is 2.03. The molecule has 0 spiro atoms. The molecule has 0 unspecified atom stereocenters. The molecule has 1 N–H and O–H groups in total. The average molecular weight is 218 g/mol. The van der Waals surface area contributed by atoms with E-state index >= 15 is 0 Å². The zero-order valence-corrected chi connectivity index (χ0v) is 9.40. The summed E-state index contributed by atoms with van der Waals surface area (Å²) >= 11 is 0. The number of hydrogen-bond acceptors (Lipinski definition) is 1. The van der Waals surface area contributed by atoms with Gasteiger partial charge < -0.3 is 5.32 Å². The second kappa shape index (κ2) is 6.80. The van der Waals surface area contributed by atoms with Crippen molar-refractivity contribution in [1.29, 1.82) is 0 Å². The standard InChI is InChI=1S/C11H16FN.ClH/c1-9(2)7-13-8-10-4-3-5-11(12)6-10;/h3-6,9,13H,7-8H2,1-2H3;1H. The lowest BCUT2D eigenvalue weighted by Gasteiger charge is -2.06. The Hall–Kier alpha value is -0.600. The summed E-state index contributed by atoms with van der Waals surface area (Å²) in [6.45, 7) is 6.02. The highest BCUT2D eigenvalue weighted by Gasteiger charge is 1.95. The predicted octanol–water partition coefficient (Wildman–Crippen LogP) is 2.99. The predicted molar refractivity (Wildman–Crippen MR) is 60.2 cm³/mol. The molecule has 1 aromatic rings. The van der Waals surface area contributed by atoms with Crippen LogP contribution in [0.2, 0.25) is 0 Å². The maximum Gasteiger partial charge on any atom is 0.123 e. The van der Waals surface area contributed by atoms with Crippen LogP contribution >= 0.6 is 12.4 Å². The fraction of sp³-hybridized carbons (Fsp3) is 0.455. The first-order valence-electron chi connectivity index (χ1n) is 4.63. The van der Waals surface area contributed by atoms with Crippen LogP contribution in [-0.2, 0) is 6.54 Å². The molecule has 0 saturated heterocycles. The molecule has 1 rings (SSSR count). The molecule has 3 heteroatoms. The fourth-order valence-electron chi connectivity index (χ4n) is 1.15. The molecule has 0 radical (unpaired) electrons. The lowest BCUT2D eigenvalue weighted by molar-refractivity contribution is 0.550. The summed E-state index contributed by atoms with van der Waals surface area (Å²) in [5.74, 6) is 0.470. The highest BCUT2D eigenvalue weighted by molar-refractivity contribution is 5.85. The van der Waals surface area contributed by atoms with Crippen LogP contribution in [0.15, 0.2) is 24.3 Å². The van der Waals surface area contributed by atoms with Gasteiger partial charge in [-0.25, -0.2) is 4.39 Å². The molecule has 0 saturated carbocycles. The van der Waals surface area contributed by atoms with Gasteiger partial charge in [0.1, 0.15) is 5.82 Å². The molecule has 0 aromatic heterocycles. The van der Waals surface area contributed by atoms with Gasteiger partial charge in [-0.1, -0.05) is 26.0 Å². The van der Waals surface area contributed by atoms with Crippen LogP contribution in [0.3, 0.4) is 0 Å². The number of hydrogen-bond donors (Lipinski definition) is 1. The summed E-state index contributed by atoms with van der Waals surface area (Å²) in [5.41, 5.74) is 1.00. The summed E-state index contributed by atoms with van der Waals surface area (Å²) in [6.07, 6.45) is 0. The zero-order valence-electron chi connectivity index (χ0n) is 8.59. The third kappa shape index (κ3) is 5.20. The molecule has 0 fully saturated rings. The molecule has 0 aliphatic heterocycles. The normalized spacial score (nSPS) is 10.0. The van der Waals surface area contributed by atoms with Gasteiger partial charge in [-0.3, -0.25) is 0 Å². The Labute approximate surface area is 91.1 Å². The molecule has 0 heterocycles. The first-order valence-corrected chi connectivity index (χ1v) is 4.63. The van der Waals surface area contributed by atoms with Crippen LogP contribution in [0.25, 0.3) is 0 Å².